The standard InChI is InChI=1S/C23H23ClN2O3S/c1-25(2)30(28,29)22-17-19(13-14-21(22)24)23(27)26(20-11-7-4-8-12-20)16-15-18-9-5-3-6-10-18/h3-14,17H,15-16H2,1-2H3. The Bertz CT molecular complexity index is 1120. The lowest BCUT2D eigenvalue weighted by molar-refractivity contribution is 0.0987. The molecule has 3 aromatic rings. The van der Waals surface area contributed by atoms with Gasteiger partial charge in [-0.15, -0.1) is 0 Å². The van der Waals surface area contributed by atoms with E-state index in [1.54, 1.807) is 11.0 Å². The zero-order valence-corrected chi connectivity index (χ0v) is 18.4. The molecule has 3 rings (SSSR count). The molecule has 0 spiro atoms. The van der Waals surface area contributed by atoms with Gasteiger partial charge in [0.2, 0.25) is 10.0 Å². The summed E-state index contributed by atoms with van der Waals surface area (Å²) in [6.07, 6.45) is 0.665. The van der Waals surface area contributed by atoms with Gasteiger partial charge in [0.25, 0.3) is 5.91 Å². The molecule has 0 aliphatic carbocycles. The maximum atomic E-state index is 13.4. The topological polar surface area (TPSA) is 57.7 Å². The average molecular weight is 443 g/mol. The normalized spacial score (nSPS) is 11.5. The third kappa shape index (κ3) is 4.90. The van der Waals surface area contributed by atoms with Gasteiger partial charge in [0.15, 0.2) is 0 Å². The monoisotopic (exact) mass is 442 g/mol. The highest BCUT2D eigenvalue weighted by Crippen LogP contribution is 2.26. The molecule has 1 amide bonds. The van der Waals surface area contributed by atoms with Crippen molar-refractivity contribution in [1.29, 1.82) is 0 Å². The molecule has 0 heterocycles. The average Bonchev–Trinajstić information content (AvgIpc) is 2.75. The fourth-order valence-corrected chi connectivity index (χ4v) is 4.42. The third-order valence-corrected chi connectivity index (χ3v) is 7.01. The summed E-state index contributed by atoms with van der Waals surface area (Å²) in [6.45, 7) is 0.450. The molecule has 30 heavy (non-hydrogen) atoms. The Morgan fingerprint density at radius 1 is 0.900 bits per heavy atom. The largest absolute Gasteiger partial charge is 0.308 e. The molecule has 0 saturated carbocycles. The van der Waals surface area contributed by atoms with Gasteiger partial charge in [-0.3, -0.25) is 4.79 Å². The van der Waals surface area contributed by atoms with Crippen molar-refractivity contribution in [1.82, 2.24) is 4.31 Å². The zero-order valence-electron chi connectivity index (χ0n) is 16.8. The molecule has 0 unspecified atom stereocenters. The maximum absolute atomic E-state index is 13.4. The molecule has 0 bridgehead atoms. The van der Waals surface area contributed by atoms with E-state index in [0.29, 0.717) is 13.0 Å². The highest BCUT2D eigenvalue weighted by atomic mass is 35.5. The summed E-state index contributed by atoms with van der Waals surface area (Å²) in [4.78, 5) is 15.0. The molecular weight excluding hydrogens is 420 g/mol. The number of rotatable bonds is 7. The quantitative estimate of drug-likeness (QED) is 0.542. The maximum Gasteiger partial charge on any atom is 0.258 e. The van der Waals surface area contributed by atoms with Crippen LogP contribution in [0.2, 0.25) is 5.02 Å². The minimum Gasteiger partial charge on any atom is -0.308 e. The molecule has 0 aliphatic heterocycles. The first-order valence-corrected chi connectivity index (χ1v) is 11.3. The Morgan fingerprint density at radius 2 is 1.50 bits per heavy atom. The highest BCUT2D eigenvalue weighted by molar-refractivity contribution is 7.89. The molecule has 0 atom stereocenters. The van der Waals surface area contributed by atoms with Crippen LogP contribution >= 0.6 is 11.6 Å². The van der Waals surface area contributed by atoms with Crippen molar-refractivity contribution in [3.8, 4) is 0 Å². The Hall–Kier alpha value is -2.67. The molecule has 156 valence electrons. The number of hydrogen-bond acceptors (Lipinski definition) is 3. The fourth-order valence-electron chi connectivity index (χ4n) is 3.03. The minimum absolute atomic E-state index is 0.0794. The lowest BCUT2D eigenvalue weighted by Gasteiger charge is -2.24. The van der Waals surface area contributed by atoms with Crippen molar-refractivity contribution in [2.75, 3.05) is 25.5 Å². The number of sulfonamides is 1. The molecule has 0 aromatic heterocycles. The third-order valence-electron chi connectivity index (χ3n) is 4.72. The van der Waals surface area contributed by atoms with Crippen LogP contribution in [0.15, 0.2) is 83.8 Å². The number of carbonyl (C=O) groups excluding carboxylic acids is 1. The Labute approximate surface area is 182 Å². The summed E-state index contributed by atoms with van der Waals surface area (Å²) in [5.41, 5.74) is 2.11. The summed E-state index contributed by atoms with van der Waals surface area (Å²) in [6, 6.07) is 23.6. The second-order valence-corrected chi connectivity index (χ2v) is 9.49. The van der Waals surface area contributed by atoms with Crippen molar-refractivity contribution in [3.05, 3.63) is 95.0 Å². The highest BCUT2D eigenvalue weighted by Gasteiger charge is 2.24. The van der Waals surface area contributed by atoms with Crippen LogP contribution in [0.25, 0.3) is 0 Å². The predicted molar refractivity (Wildman–Crippen MR) is 121 cm³/mol. The van der Waals surface area contributed by atoms with Gasteiger partial charge < -0.3 is 4.90 Å². The Balaban J connectivity index is 1.97. The van der Waals surface area contributed by atoms with Crippen LogP contribution in [0, 0.1) is 0 Å². The van der Waals surface area contributed by atoms with Crippen LogP contribution in [0.1, 0.15) is 15.9 Å². The molecule has 0 radical (unpaired) electrons. The van der Waals surface area contributed by atoms with Crippen molar-refractivity contribution in [2.24, 2.45) is 0 Å². The van der Waals surface area contributed by atoms with Gasteiger partial charge in [0.1, 0.15) is 4.90 Å². The van der Waals surface area contributed by atoms with E-state index < -0.39 is 10.0 Å². The van der Waals surface area contributed by atoms with Gasteiger partial charge in [-0.1, -0.05) is 60.1 Å². The van der Waals surface area contributed by atoms with Crippen molar-refractivity contribution in [2.45, 2.75) is 11.3 Å². The van der Waals surface area contributed by atoms with E-state index in [9.17, 15) is 13.2 Å². The first kappa shape index (κ1) is 22.0. The summed E-state index contributed by atoms with van der Waals surface area (Å²) in [7, 11) is -0.925. The van der Waals surface area contributed by atoms with E-state index >= 15 is 0 Å². The second kappa shape index (κ2) is 9.43. The van der Waals surface area contributed by atoms with Gasteiger partial charge in [-0.05, 0) is 42.3 Å². The molecule has 0 saturated heterocycles. The van der Waals surface area contributed by atoms with E-state index in [1.807, 2.05) is 60.7 Å². The van der Waals surface area contributed by atoms with Crippen LogP contribution in [0.4, 0.5) is 5.69 Å². The van der Waals surface area contributed by atoms with E-state index in [1.165, 1.54) is 26.2 Å². The molecule has 0 aliphatic rings. The summed E-state index contributed by atoms with van der Waals surface area (Å²) in [5.74, 6) is -0.288. The van der Waals surface area contributed by atoms with Crippen molar-refractivity contribution in [3.63, 3.8) is 0 Å². The van der Waals surface area contributed by atoms with Crippen LogP contribution in [-0.2, 0) is 16.4 Å². The van der Waals surface area contributed by atoms with E-state index in [0.717, 1.165) is 15.6 Å². The lowest BCUT2D eigenvalue weighted by atomic mass is 10.1. The predicted octanol–water partition coefficient (Wildman–Crippen LogP) is 4.48. The molecule has 3 aromatic carbocycles. The van der Waals surface area contributed by atoms with E-state index in [2.05, 4.69) is 0 Å². The van der Waals surface area contributed by atoms with Gasteiger partial charge in [0, 0.05) is 31.9 Å². The lowest BCUT2D eigenvalue weighted by Crippen LogP contribution is -2.33. The van der Waals surface area contributed by atoms with Gasteiger partial charge >= 0.3 is 0 Å². The van der Waals surface area contributed by atoms with Gasteiger partial charge in [-0.25, -0.2) is 12.7 Å². The minimum atomic E-state index is -3.78. The SMILES string of the molecule is CN(C)S(=O)(=O)c1cc(C(=O)N(CCc2ccccc2)c2ccccc2)ccc1Cl. The van der Waals surface area contributed by atoms with Crippen LogP contribution in [-0.4, -0.2) is 39.3 Å². The summed E-state index contributed by atoms with van der Waals surface area (Å²) in [5, 5.41) is 0.0794. The van der Waals surface area contributed by atoms with Crippen LogP contribution in [0.3, 0.4) is 0 Å². The smallest absolute Gasteiger partial charge is 0.258 e. The van der Waals surface area contributed by atoms with Crippen LogP contribution < -0.4 is 4.90 Å². The number of halogens is 1. The molecule has 7 heteroatoms. The molecular formula is C23H23ClN2O3S. The fraction of sp³-hybridized carbons (Fsp3) is 0.174. The van der Waals surface area contributed by atoms with Gasteiger partial charge in [0.05, 0.1) is 5.02 Å². The Morgan fingerprint density at radius 3 is 2.10 bits per heavy atom. The number of para-hydroxylation sites is 1. The number of carbonyl (C=O) groups is 1. The molecule has 0 fully saturated rings. The first-order valence-electron chi connectivity index (χ1n) is 9.43. The number of benzene rings is 3. The van der Waals surface area contributed by atoms with E-state index in [-0.39, 0.29) is 21.4 Å². The number of nitrogens with zero attached hydrogens (tertiary/aromatic N) is 2. The first-order chi connectivity index (χ1) is 14.3. The van der Waals surface area contributed by atoms with E-state index in [4.69, 9.17) is 11.6 Å². The molecule has 5 nitrogen and oxygen atoms in total. The second-order valence-electron chi connectivity index (χ2n) is 6.96. The zero-order chi connectivity index (χ0) is 21.7. The number of amides is 1. The Kier molecular flexibility index (Phi) is 6.92. The van der Waals surface area contributed by atoms with Crippen molar-refractivity contribution < 1.29 is 13.2 Å². The summed E-state index contributed by atoms with van der Waals surface area (Å²) >= 11 is 6.14. The van der Waals surface area contributed by atoms with Crippen molar-refractivity contribution >= 4 is 33.2 Å². The van der Waals surface area contributed by atoms with Gasteiger partial charge in [-0.2, -0.15) is 0 Å². The number of hydrogen-bond donors (Lipinski definition) is 0. The van der Waals surface area contributed by atoms with Crippen LogP contribution in [0.5, 0.6) is 0 Å². The summed E-state index contributed by atoms with van der Waals surface area (Å²) < 4.78 is 26.3. The molecule has 0 N–H and O–H groups in total. The number of anilines is 1.